The summed E-state index contributed by atoms with van der Waals surface area (Å²) in [4.78, 5) is 6.56. The molecule has 0 spiro atoms. The number of aryl methyl sites for hydroxylation is 1. The maximum atomic E-state index is 13.2. The second-order valence-electron chi connectivity index (χ2n) is 5.45. The molecule has 0 bridgehead atoms. The number of nitrogens with two attached hydrogens (primary N) is 1. The third-order valence-corrected chi connectivity index (χ3v) is 3.63. The van der Waals surface area contributed by atoms with E-state index < -0.39 is 0 Å². The van der Waals surface area contributed by atoms with Gasteiger partial charge in [0.1, 0.15) is 5.82 Å². The standard InChI is InChI=1S/C15H22FN3.HI/c1-11-4-3-7-19(10-11)15(17)18-9-13-5-6-14(16)12(2)8-13;/h5-6,8,11H,3-4,7,9-10H2,1-2H3,(H2,17,18);1H. The summed E-state index contributed by atoms with van der Waals surface area (Å²) in [5, 5.41) is 0. The molecule has 2 N–H and O–H groups in total. The number of benzene rings is 1. The van der Waals surface area contributed by atoms with Crippen molar-refractivity contribution in [2.45, 2.75) is 33.2 Å². The molecule has 1 saturated heterocycles. The van der Waals surface area contributed by atoms with Crippen LogP contribution in [-0.4, -0.2) is 23.9 Å². The van der Waals surface area contributed by atoms with Gasteiger partial charge in [-0.05, 0) is 42.9 Å². The van der Waals surface area contributed by atoms with Crippen molar-refractivity contribution in [2.75, 3.05) is 13.1 Å². The minimum absolute atomic E-state index is 0. The molecule has 5 heteroatoms. The Bertz CT molecular complexity index is 476. The smallest absolute Gasteiger partial charge is 0.191 e. The first-order valence-corrected chi connectivity index (χ1v) is 6.86. The van der Waals surface area contributed by atoms with Crippen LogP contribution in [0.5, 0.6) is 0 Å². The summed E-state index contributed by atoms with van der Waals surface area (Å²) >= 11 is 0. The first kappa shape index (κ1) is 17.2. The van der Waals surface area contributed by atoms with Gasteiger partial charge in [0.15, 0.2) is 5.96 Å². The molecular formula is C15H23FIN3. The van der Waals surface area contributed by atoms with Crippen LogP contribution in [0.2, 0.25) is 0 Å². The molecule has 0 aromatic heterocycles. The van der Waals surface area contributed by atoms with E-state index >= 15 is 0 Å². The van der Waals surface area contributed by atoms with Crippen LogP contribution < -0.4 is 5.73 Å². The van der Waals surface area contributed by atoms with Crippen molar-refractivity contribution in [3.8, 4) is 0 Å². The van der Waals surface area contributed by atoms with E-state index in [0.717, 1.165) is 18.7 Å². The molecule has 2 rings (SSSR count). The van der Waals surface area contributed by atoms with Gasteiger partial charge in [-0.2, -0.15) is 0 Å². The number of piperidine rings is 1. The summed E-state index contributed by atoms with van der Waals surface area (Å²) < 4.78 is 13.2. The number of hydrogen-bond acceptors (Lipinski definition) is 1. The van der Waals surface area contributed by atoms with Gasteiger partial charge in [0.05, 0.1) is 6.54 Å². The number of hydrogen-bond donors (Lipinski definition) is 1. The fourth-order valence-corrected chi connectivity index (χ4v) is 2.47. The predicted molar refractivity (Wildman–Crippen MR) is 91.8 cm³/mol. The quantitative estimate of drug-likeness (QED) is 0.478. The van der Waals surface area contributed by atoms with E-state index in [1.54, 1.807) is 13.0 Å². The number of rotatable bonds is 2. The van der Waals surface area contributed by atoms with Crippen molar-refractivity contribution < 1.29 is 4.39 Å². The molecule has 1 unspecified atom stereocenters. The summed E-state index contributed by atoms with van der Waals surface area (Å²) in [5.41, 5.74) is 7.67. The minimum atomic E-state index is -0.175. The van der Waals surface area contributed by atoms with Gasteiger partial charge < -0.3 is 10.6 Å². The van der Waals surface area contributed by atoms with Gasteiger partial charge in [-0.25, -0.2) is 9.38 Å². The first-order chi connectivity index (χ1) is 9.06. The number of likely N-dealkylation sites (tertiary alicyclic amines) is 1. The number of halogens is 2. The van der Waals surface area contributed by atoms with Gasteiger partial charge >= 0.3 is 0 Å². The average Bonchev–Trinajstić information content (AvgIpc) is 2.40. The largest absolute Gasteiger partial charge is 0.370 e. The van der Waals surface area contributed by atoms with Crippen LogP contribution in [0.25, 0.3) is 0 Å². The summed E-state index contributed by atoms with van der Waals surface area (Å²) in [7, 11) is 0. The second kappa shape index (κ2) is 7.81. The van der Waals surface area contributed by atoms with Gasteiger partial charge in [-0.15, -0.1) is 24.0 Å². The van der Waals surface area contributed by atoms with Crippen molar-refractivity contribution in [3.63, 3.8) is 0 Å². The molecule has 0 saturated carbocycles. The SMILES string of the molecule is Cc1cc(CN=C(N)N2CCCC(C)C2)ccc1F.I. The highest BCUT2D eigenvalue weighted by Crippen LogP contribution is 2.15. The van der Waals surface area contributed by atoms with E-state index in [-0.39, 0.29) is 29.8 Å². The molecular weight excluding hydrogens is 368 g/mol. The van der Waals surface area contributed by atoms with Crippen LogP contribution in [0.15, 0.2) is 23.2 Å². The van der Waals surface area contributed by atoms with Crippen molar-refractivity contribution in [3.05, 3.63) is 35.1 Å². The van der Waals surface area contributed by atoms with Crippen molar-refractivity contribution in [1.29, 1.82) is 0 Å². The molecule has 1 aromatic carbocycles. The zero-order chi connectivity index (χ0) is 13.8. The number of aliphatic imine (C=N–C) groups is 1. The Morgan fingerprint density at radius 2 is 2.25 bits per heavy atom. The van der Waals surface area contributed by atoms with Crippen LogP contribution in [0.4, 0.5) is 4.39 Å². The summed E-state index contributed by atoms with van der Waals surface area (Å²) in [6.07, 6.45) is 2.44. The van der Waals surface area contributed by atoms with Crippen LogP contribution in [0.3, 0.4) is 0 Å². The highest BCUT2D eigenvalue weighted by Gasteiger charge is 2.17. The van der Waals surface area contributed by atoms with Crippen molar-refractivity contribution in [1.82, 2.24) is 4.90 Å². The lowest BCUT2D eigenvalue weighted by Crippen LogP contribution is -2.43. The summed E-state index contributed by atoms with van der Waals surface area (Å²) in [5.74, 6) is 1.11. The van der Waals surface area contributed by atoms with E-state index in [2.05, 4.69) is 16.8 Å². The normalized spacial score (nSPS) is 19.6. The molecule has 112 valence electrons. The van der Waals surface area contributed by atoms with Crippen LogP contribution in [-0.2, 0) is 6.54 Å². The van der Waals surface area contributed by atoms with Crippen molar-refractivity contribution >= 4 is 29.9 Å². The fraction of sp³-hybridized carbons (Fsp3) is 0.533. The molecule has 3 nitrogen and oxygen atoms in total. The third-order valence-electron chi connectivity index (χ3n) is 3.63. The Morgan fingerprint density at radius 3 is 2.90 bits per heavy atom. The maximum absolute atomic E-state index is 13.2. The third kappa shape index (κ3) is 4.61. The highest BCUT2D eigenvalue weighted by atomic mass is 127. The molecule has 0 aliphatic carbocycles. The maximum Gasteiger partial charge on any atom is 0.191 e. The first-order valence-electron chi connectivity index (χ1n) is 6.86. The summed E-state index contributed by atoms with van der Waals surface area (Å²) in [6, 6.07) is 5.07. The van der Waals surface area contributed by atoms with Gasteiger partial charge in [0, 0.05) is 13.1 Å². The topological polar surface area (TPSA) is 41.6 Å². The molecule has 0 amide bonds. The van der Waals surface area contributed by atoms with Gasteiger partial charge in [0.25, 0.3) is 0 Å². The molecule has 1 fully saturated rings. The second-order valence-corrected chi connectivity index (χ2v) is 5.45. The number of guanidine groups is 1. The number of nitrogens with zero attached hydrogens (tertiary/aromatic N) is 2. The minimum Gasteiger partial charge on any atom is -0.370 e. The molecule has 1 aromatic rings. The molecule has 0 radical (unpaired) electrons. The Morgan fingerprint density at radius 1 is 1.50 bits per heavy atom. The average molecular weight is 391 g/mol. The molecule has 1 atom stereocenters. The van der Waals surface area contributed by atoms with Crippen LogP contribution >= 0.6 is 24.0 Å². The highest BCUT2D eigenvalue weighted by molar-refractivity contribution is 14.0. The monoisotopic (exact) mass is 391 g/mol. The van der Waals surface area contributed by atoms with Gasteiger partial charge in [-0.3, -0.25) is 0 Å². The van der Waals surface area contributed by atoms with E-state index in [1.165, 1.54) is 18.9 Å². The zero-order valence-corrected chi connectivity index (χ0v) is 14.4. The Labute approximate surface area is 137 Å². The lowest BCUT2D eigenvalue weighted by atomic mass is 10.0. The summed E-state index contributed by atoms with van der Waals surface area (Å²) in [6.45, 7) is 6.48. The Hall–Kier alpha value is -0.850. The van der Waals surface area contributed by atoms with Crippen molar-refractivity contribution in [2.24, 2.45) is 16.6 Å². The van der Waals surface area contributed by atoms with Crippen LogP contribution in [0, 0.1) is 18.7 Å². The zero-order valence-electron chi connectivity index (χ0n) is 12.1. The Balaban J connectivity index is 0.00000200. The Kier molecular flexibility index (Phi) is 6.71. The fourth-order valence-electron chi connectivity index (χ4n) is 2.47. The molecule has 1 heterocycles. The van der Waals surface area contributed by atoms with E-state index in [4.69, 9.17) is 5.73 Å². The molecule has 20 heavy (non-hydrogen) atoms. The van der Waals surface area contributed by atoms with Crippen LogP contribution in [0.1, 0.15) is 30.9 Å². The lowest BCUT2D eigenvalue weighted by molar-refractivity contribution is 0.270. The van der Waals surface area contributed by atoms with E-state index in [9.17, 15) is 4.39 Å². The lowest BCUT2D eigenvalue weighted by Gasteiger charge is -2.31. The van der Waals surface area contributed by atoms with E-state index in [0.29, 0.717) is 24.0 Å². The van der Waals surface area contributed by atoms with E-state index in [1.807, 2.05) is 6.07 Å². The van der Waals surface area contributed by atoms with Gasteiger partial charge in [0.2, 0.25) is 0 Å². The van der Waals surface area contributed by atoms with Gasteiger partial charge in [-0.1, -0.05) is 19.1 Å². The molecule has 1 aliphatic rings. The molecule has 1 aliphatic heterocycles. The predicted octanol–water partition coefficient (Wildman–Crippen LogP) is 3.30.